The van der Waals surface area contributed by atoms with E-state index in [9.17, 15) is 5.26 Å². The van der Waals surface area contributed by atoms with Gasteiger partial charge in [-0.1, -0.05) is 57.2 Å². The highest BCUT2D eigenvalue weighted by Crippen LogP contribution is 2.37. The number of hydrogen-bond acceptors (Lipinski definition) is 4. The molecule has 6 nitrogen and oxygen atoms in total. The highest BCUT2D eigenvalue weighted by Gasteiger charge is 2.19. The van der Waals surface area contributed by atoms with E-state index in [0.29, 0.717) is 17.1 Å². The van der Waals surface area contributed by atoms with Crippen LogP contribution in [-0.4, -0.2) is 19.3 Å². The number of ether oxygens (including phenoxy) is 1. The molecule has 220 valence electrons. The van der Waals surface area contributed by atoms with Crippen LogP contribution < -0.4 is 4.74 Å². The van der Waals surface area contributed by atoms with Crippen LogP contribution in [-0.2, 0) is 5.41 Å². The zero-order chi connectivity index (χ0) is 31.3. The van der Waals surface area contributed by atoms with Crippen LogP contribution in [0.3, 0.4) is 0 Å². The second-order valence-corrected chi connectivity index (χ2v) is 12.4. The van der Waals surface area contributed by atoms with Crippen LogP contribution in [0.15, 0.2) is 109 Å². The van der Waals surface area contributed by atoms with Crippen molar-refractivity contribution in [1.82, 2.24) is 19.3 Å². The topological polar surface area (TPSA) is 68.7 Å². The molecule has 0 fully saturated rings. The van der Waals surface area contributed by atoms with Crippen molar-refractivity contribution < 1.29 is 4.74 Å². The van der Waals surface area contributed by atoms with E-state index in [1.807, 2.05) is 72.4 Å². The van der Waals surface area contributed by atoms with Gasteiger partial charge < -0.3 is 4.74 Å². The van der Waals surface area contributed by atoms with Gasteiger partial charge >= 0.3 is 0 Å². The maximum absolute atomic E-state index is 9.63. The molecule has 0 amide bonds. The fraction of sp³-hybridized carbons (Fsp3) is 0.154. The first-order valence-electron chi connectivity index (χ1n) is 15.1. The summed E-state index contributed by atoms with van der Waals surface area (Å²) in [6, 6.07) is 36.8. The molecule has 0 aliphatic carbocycles. The third-order valence-electron chi connectivity index (χ3n) is 8.36. The van der Waals surface area contributed by atoms with Gasteiger partial charge in [-0.25, -0.2) is 9.67 Å². The molecule has 0 radical (unpaired) electrons. The number of rotatable bonds is 5. The van der Waals surface area contributed by atoms with Crippen molar-refractivity contribution in [1.29, 1.82) is 5.26 Å². The van der Waals surface area contributed by atoms with Gasteiger partial charge in [0.1, 0.15) is 17.3 Å². The molecule has 4 aromatic carbocycles. The molecule has 0 bridgehead atoms. The van der Waals surface area contributed by atoms with Gasteiger partial charge in [0.15, 0.2) is 0 Å². The average molecular weight is 588 g/mol. The second kappa shape index (κ2) is 10.8. The fourth-order valence-corrected chi connectivity index (χ4v) is 6.12. The monoisotopic (exact) mass is 587 g/mol. The Bertz CT molecular complexity index is 2260. The van der Waals surface area contributed by atoms with Crippen LogP contribution in [0.4, 0.5) is 0 Å². The molecule has 0 saturated carbocycles. The van der Waals surface area contributed by atoms with Crippen molar-refractivity contribution in [3.05, 3.63) is 132 Å². The molecule has 6 heteroatoms. The molecule has 3 aromatic heterocycles. The highest BCUT2D eigenvalue weighted by molar-refractivity contribution is 6.10. The molecule has 3 heterocycles. The Morgan fingerprint density at radius 2 is 1.56 bits per heavy atom. The Kier molecular flexibility index (Phi) is 6.75. The molecule has 0 spiro atoms. The Hall–Kier alpha value is -5.67. The minimum absolute atomic E-state index is 0.0307. The van der Waals surface area contributed by atoms with E-state index in [4.69, 9.17) is 14.8 Å². The zero-order valence-corrected chi connectivity index (χ0v) is 26.0. The fourth-order valence-electron chi connectivity index (χ4n) is 6.12. The van der Waals surface area contributed by atoms with Crippen molar-refractivity contribution >= 4 is 21.8 Å². The van der Waals surface area contributed by atoms with Crippen LogP contribution in [0.5, 0.6) is 11.5 Å². The molecule has 0 unspecified atom stereocenters. The van der Waals surface area contributed by atoms with Crippen molar-refractivity contribution in [3.8, 4) is 40.2 Å². The van der Waals surface area contributed by atoms with E-state index < -0.39 is 0 Å². The summed E-state index contributed by atoms with van der Waals surface area (Å²) in [5, 5.41) is 16.5. The third-order valence-corrected chi connectivity index (χ3v) is 8.36. The minimum Gasteiger partial charge on any atom is -0.457 e. The molecule has 0 saturated heterocycles. The van der Waals surface area contributed by atoms with E-state index in [1.54, 1.807) is 0 Å². The van der Waals surface area contributed by atoms with Gasteiger partial charge in [-0.05, 0) is 85.0 Å². The van der Waals surface area contributed by atoms with Gasteiger partial charge in [0.2, 0.25) is 0 Å². The molecular formula is C39H33N5O. The number of benzene rings is 4. The summed E-state index contributed by atoms with van der Waals surface area (Å²) in [5.74, 6) is 2.24. The zero-order valence-electron chi connectivity index (χ0n) is 26.0. The SMILES string of the molecule is Cc1nn(-c2cccc(Oc3ccc4c5cc(C#N)ccc5n(-c5cc(C(C)(C)C)ccn5)c4c3)c2)c(C)c1-c1ccccc1. The minimum atomic E-state index is -0.0307. The van der Waals surface area contributed by atoms with Gasteiger partial charge in [0, 0.05) is 40.4 Å². The first kappa shape index (κ1) is 28.1. The predicted molar refractivity (Wildman–Crippen MR) is 181 cm³/mol. The number of aryl methyl sites for hydroxylation is 1. The molecule has 0 aliphatic heterocycles. The van der Waals surface area contributed by atoms with E-state index in [1.165, 1.54) is 5.56 Å². The maximum atomic E-state index is 9.63. The van der Waals surface area contributed by atoms with E-state index >= 15 is 0 Å². The van der Waals surface area contributed by atoms with Crippen LogP contribution in [0.1, 0.15) is 43.3 Å². The van der Waals surface area contributed by atoms with Crippen LogP contribution >= 0.6 is 0 Å². The molecule has 0 N–H and O–H groups in total. The van der Waals surface area contributed by atoms with Gasteiger partial charge in [-0.2, -0.15) is 10.4 Å². The van der Waals surface area contributed by atoms with Crippen molar-refractivity contribution in [3.63, 3.8) is 0 Å². The summed E-state index contributed by atoms with van der Waals surface area (Å²) in [7, 11) is 0. The number of nitriles is 1. The van der Waals surface area contributed by atoms with Crippen LogP contribution in [0.2, 0.25) is 0 Å². The Morgan fingerprint density at radius 3 is 2.33 bits per heavy atom. The lowest BCUT2D eigenvalue weighted by Crippen LogP contribution is -2.12. The number of hydrogen-bond donors (Lipinski definition) is 0. The third kappa shape index (κ3) is 5.03. The highest BCUT2D eigenvalue weighted by atomic mass is 16.5. The molecule has 45 heavy (non-hydrogen) atoms. The summed E-state index contributed by atoms with van der Waals surface area (Å²) in [4.78, 5) is 4.78. The Labute approximate surface area is 262 Å². The molecule has 0 atom stereocenters. The largest absolute Gasteiger partial charge is 0.457 e. The first-order valence-corrected chi connectivity index (χ1v) is 15.1. The van der Waals surface area contributed by atoms with Gasteiger partial charge in [-0.3, -0.25) is 4.57 Å². The number of fused-ring (bicyclic) bond motifs is 3. The summed E-state index contributed by atoms with van der Waals surface area (Å²) < 4.78 is 10.6. The average Bonchev–Trinajstić information content (AvgIpc) is 3.53. The normalized spacial score (nSPS) is 11.6. The number of nitrogens with zero attached hydrogens (tertiary/aromatic N) is 5. The van der Waals surface area contributed by atoms with Gasteiger partial charge in [0.25, 0.3) is 0 Å². The Balaban J connectivity index is 1.31. The van der Waals surface area contributed by atoms with E-state index in [0.717, 1.165) is 55.8 Å². The van der Waals surface area contributed by atoms with Gasteiger partial charge in [0.05, 0.1) is 34.0 Å². The lowest BCUT2D eigenvalue weighted by atomic mass is 9.88. The molecule has 7 aromatic rings. The first-order chi connectivity index (χ1) is 21.7. The quantitative estimate of drug-likeness (QED) is 0.201. The summed E-state index contributed by atoms with van der Waals surface area (Å²) in [6.07, 6.45) is 1.87. The van der Waals surface area contributed by atoms with Crippen LogP contribution in [0, 0.1) is 25.2 Å². The lowest BCUT2D eigenvalue weighted by Gasteiger charge is -2.20. The summed E-state index contributed by atoms with van der Waals surface area (Å²) in [5.41, 5.74) is 9.00. The van der Waals surface area contributed by atoms with Crippen molar-refractivity contribution in [2.75, 3.05) is 0 Å². The number of aromatic nitrogens is 4. The predicted octanol–water partition coefficient (Wildman–Crippen LogP) is 9.61. The lowest BCUT2D eigenvalue weighted by molar-refractivity contribution is 0.482. The summed E-state index contributed by atoms with van der Waals surface area (Å²) >= 11 is 0. The van der Waals surface area contributed by atoms with Gasteiger partial charge in [-0.15, -0.1) is 0 Å². The standard InChI is InChI=1S/C39H33N5O/c1-25-38(28-10-7-6-8-11-28)26(2)44(42-25)30-12-9-13-31(22-30)45-32-15-16-33-34-20-27(24-40)14-17-35(34)43(36(33)23-32)37-21-29(18-19-41-37)39(3,4)5/h6-23H,1-5H3. The van der Waals surface area contributed by atoms with E-state index in [2.05, 4.69) is 86.9 Å². The Morgan fingerprint density at radius 1 is 0.756 bits per heavy atom. The molecular weight excluding hydrogens is 554 g/mol. The summed E-state index contributed by atoms with van der Waals surface area (Å²) in [6.45, 7) is 10.7. The van der Waals surface area contributed by atoms with Crippen molar-refractivity contribution in [2.24, 2.45) is 0 Å². The molecule has 7 rings (SSSR count). The second-order valence-electron chi connectivity index (χ2n) is 12.4. The smallest absolute Gasteiger partial charge is 0.137 e. The van der Waals surface area contributed by atoms with Crippen LogP contribution in [0.25, 0.3) is 44.4 Å². The molecule has 0 aliphatic rings. The maximum Gasteiger partial charge on any atom is 0.137 e. The number of pyridine rings is 1. The van der Waals surface area contributed by atoms with E-state index in [-0.39, 0.29) is 5.41 Å². The van der Waals surface area contributed by atoms with Crippen molar-refractivity contribution in [2.45, 2.75) is 40.0 Å².